The third-order valence-electron chi connectivity index (χ3n) is 5.36. The van der Waals surface area contributed by atoms with Crippen molar-refractivity contribution < 1.29 is 0 Å². The van der Waals surface area contributed by atoms with Gasteiger partial charge in [0, 0.05) is 17.1 Å². The lowest BCUT2D eigenvalue weighted by Gasteiger charge is -2.26. The zero-order valence-corrected chi connectivity index (χ0v) is 17.5. The fraction of sp³-hybridized carbons (Fsp3) is 0.200. The molecule has 29 heavy (non-hydrogen) atoms. The summed E-state index contributed by atoms with van der Waals surface area (Å²) in [4.78, 5) is 0. The van der Waals surface area contributed by atoms with Gasteiger partial charge in [0.25, 0.3) is 0 Å². The molecule has 3 aromatic carbocycles. The van der Waals surface area contributed by atoms with Gasteiger partial charge in [-0.05, 0) is 37.5 Å². The van der Waals surface area contributed by atoms with Gasteiger partial charge in [0.1, 0.15) is 5.82 Å². The Morgan fingerprint density at radius 1 is 0.793 bits per heavy atom. The summed E-state index contributed by atoms with van der Waals surface area (Å²) in [6.07, 6.45) is 0.907. The van der Waals surface area contributed by atoms with Gasteiger partial charge in [-0.2, -0.15) is 0 Å². The Bertz CT molecular complexity index is 1090. The molecule has 0 saturated heterocycles. The van der Waals surface area contributed by atoms with Gasteiger partial charge in [0.05, 0.1) is 5.41 Å². The fourth-order valence-electron chi connectivity index (χ4n) is 3.75. The number of nitrogens with zero attached hydrogens (tertiary/aromatic N) is 3. The minimum absolute atomic E-state index is 0.380. The van der Waals surface area contributed by atoms with Gasteiger partial charge in [0.2, 0.25) is 0 Å². The van der Waals surface area contributed by atoms with Crippen LogP contribution in [0.15, 0.2) is 84.9 Å². The molecular formula is C25H24ClN3. The molecule has 0 atom stereocenters. The van der Waals surface area contributed by atoms with E-state index in [1.165, 1.54) is 5.56 Å². The molecule has 0 fully saturated rings. The Labute approximate surface area is 177 Å². The first-order valence-electron chi connectivity index (χ1n) is 9.85. The summed E-state index contributed by atoms with van der Waals surface area (Å²) in [6.45, 7) is 5.11. The third-order valence-corrected chi connectivity index (χ3v) is 5.69. The van der Waals surface area contributed by atoms with Crippen LogP contribution in [0.1, 0.15) is 30.8 Å². The van der Waals surface area contributed by atoms with Crippen LogP contribution in [0.25, 0.3) is 11.4 Å². The number of rotatable bonds is 6. The van der Waals surface area contributed by atoms with E-state index in [1.807, 2.05) is 42.5 Å². The molecule has 0 aliphatic rings. The van der Waals surface area contributed by atoms with Crippen LogP contribution in [-0.4, -0.2) is 14.8 Å². The van der Waals surface area contributed by atoms with Crippen LogP contribution in [0, 0.1) is 0 Å². The van der Waals surface area contributed by atoms with E-state index in [4.69, 9.17) is 11.6 Å². The Balaban J connectivity index is 1.79. The zero-order chi connectivity index (χ0) is 20.3. The molecule has 1 aromatic heterocycles. The van der Waals surface area contributed by atoms with E-state index in [2.05, 4.69) is 71.1 Å². The number of hydrogen-bond donors (Lipinski definition) is 0. The predicted octanol–water partition coefficient (Wildman–Crippen LogP) is 6.17. The number of aryl methyl sites for hydroxylation is 1. The van der Waals surface area contributed by atoms with Crippen LogP contribution in [0.2, 0.25) is 5.02 Å². The molecule has 4 aromatic rings. The second-order valence-electron chi connectivity index (χ2n) is 7.71. The van der Waals surface area contributed by atoms with Gasteiger partial charge in [0.15, 0.2) is 5.82 Å². The van der Waals surface area contributed by atoms with Crippen molar-refractivity contribution in [3.63, 3.8) is 0 Å². The molecule has 0 radical (unpaired) electrons. The van der Waals surface area contributed by atoms with E-state index >= 15 is 0 Å². The first-order chi connectivity index (χ1) is 14.1. The molecule has 0 spiro atoms. The van der Waals surface area contributed by atoms with E-state index in [-0.39, 0.29) is 5.41 Å². The quantitative estimate of drug-likeness (QED) is 0.387. The van der Waals surface area contributed by atoms with Crippen molar-refractivity contribution in [2.45, 2.75) is 32.2 Å². The van der Waals surface area contributed by atoms with Crippen molar-refractivity contribution in [3.8, 4) is 11.4 Å². The van der Waals surface area contributed by atoms with Gasteiger partial charge in [-0.15, -0.1) is 10.2 Å². The number of aromatic nitrogens is 3. The Hall–Kier alpha value is -2.91. The highest BCUT2D eigenvalue weighted by molar-refractivity contribution is 6.31. The maximum absolute atomic E-state index is 6.55. The zero-order valence-electron chi connectivity index (χ0n) is 16.7. The second kappa shape index (κ2) is 8.22. The molecule has 0 saturated carbocycles. The van der Waals surface area contributed by atoms with E-state index in [9.17, 15) is 0 Å². The summed E-state index contributed by atoms with van der Waals surface area (Å²) < 4.78 is 2.24. The average Bonchev–Trinajstić information content (AvgIpc) is 3.19. The highest BCUT2D eigenvalue weighted by Gasteiger charge is 2.32. The van der Waals surface area contributed by atoms with E-state index in [0.29, 0.717) is 0 Å². The molecule has 0 N–H and O–H groups in total. The van der Waals surface area contributed by atoms with Gasteiger partial charge in [-0.3, -0.25) is 0 Å². The van der Waals surface area contributed by atoms with Crippen molar-refractivity contribution in [1.82, 2.24) is 14.8 Å². The molecule has 0 amide bonds. The summed E-state index contributed by atoms with van der Waals surface area (Å²) in [6, 6.07) is 28.7. The normalized spacial score (nSPS) is 11.6. The van der Waals surface area contributed by atoms with Gasteiger partial charge >= 0.3 is 0 Å². The maximum Gasteiger partial charge on any atom is 0.163 e. The van der Waals surface area contributed by atoms with Crippen LogP contribution >= 0.6 is 11.6 Å². The van der Waals surface area contributed by atoms with Crippen LogP contribution in [0.3, 0.4) is 0 Å². The largest absolute Gasteiger partial charge is 0.310 e. The summed E-state index contributed by atoms with van der Waals surface area (Å²) in [5, 5.41) is 9.98. The number of hydrogen-bond acceptors (Lipinski definition) is 2. The van der Waals surface area contributed by atoms with Gasteiger partial charge < -0.3 is 4.57 Å². The molecule has 4 heteroatoms. The summed E-state index contributed by atoms with van der Waals surface area (Å²) in [7, 11) is 0. The van der Waals surface area contributed by atoms with Crippen molar-refractivity contribution >= 4 is 11.6 Å². The van der Waals surface area contributed by atoms with Crippen LogP contribution < -0.4 is 0 Å². The van der Waals surface area contributed by atoms with Gasteiger partial charge in [-0.25, -0.2) is 0 Å². The lowest BCUT2D eigenvalue weighted by molar-refractivity contribution is 0.531. The highest BCUT2D eigenvalue weighted by atomic mass is 35.5. The molecule has 0 aliphatic carbocycles. The Morgan fingerprint density at radius 3 is 2.10 bits per heavy atom. The SMILES string of the molecule is CC(C)(c1ccccc1Cl)c1nnc(-c2ccccc2)n1CCc1ccccc1. The first kappa shape index (κ1) is 19.4. The second-order valence-corrected chi connectivity index (χ2v) is 8.11. The Morgan fingerprint density at radius 2 is 1.41 bits per heavy atom. The van der Waals surface area contributed by atoms with E-state index in [1.54, 1.807) is 0 Å². The maximum atomic E-state index is 6.55. The predicted molar refractivity (Wildman–Crippen MR) is 119 cm³/mol. The van der Waals surface area contributed by atoms with Crippen molar-refractivity contribution in [2.24, 2.45) is 0 Å². The third kappa shape index (κ3) is 3.96. The topological polar surface area (TPSA) is 30.7 Å². The summed E-state index contributed by atoms with van der Waals surface area (Å²) >= 11 is 6.55. The lowest BCUT2D eigenvalue weighted by atomic mass is 9.83. The average molecular weight is 402 g/mol. The number of benzene rings is 3. The minimum atomic E-state index is -0.380. The first-order valence-corrected chi connectivity index (χ1v) is 10.2. The summed E-state index contributed by atoms with van der Waals surface area (Å²) in [5.74, 6) is 1.80. The molecule has 0 aliphatic heterocycles. The highest BCUT2D eigenvalue weighted by Crippen LogP contribution is 2.36. The van der Waals surface area contributed by atoms with E-state index < -0.39 is 0 Å². The molecule has 1 heterocycles. The smallest absolute Gasteiger partial charge is 0.163 e. The molecule has 4 rings (SSSR count). The van der Waals surface area contributed by atoms with Crippen molar-refractivity contribution in [2.75, 3.05) is 0 Å². The fourth-order valence-corrected chi connectivity index (χ4v) is 4.12. The lowest BCUT2D eigenvalue weighted by Crippen LogP contribution is -2.25. The molecule has 0 bridgehead atoms. The van der Waals surface area contributed by atoms with Crippen LogP contribution in [0.4, 0.5) is 0 Å². The molecular weight excluding hydrogens is 378 g/mol. The van der Waals surface area contributed by atoms with Crippen LogP contribution in [-0.2, 0) is 18.4 Å². The van der Waals surface area contributed by atoms with Crippen molar-refractivity contribution in [1.29, 1.82) is 0 Å². The monoisotopic (exact) mass is 401 g/mol. The van der Waals surface area contributed by atoms with Crippen molar-refractivity contribution in [3.05, 3.63) is 107 Å². The molecule has 0 unspecified atom stereocenters. The standard InChI is InChI=1S/C25H24ClN3/c1-25(2,21-15-9-10-16-22(21)26)24-28-27-23(20-13-7-4-8-14-20)29(24)18-17-19-11-5-3-6-12-19/h3-16H,17-18H2,1-2H3. The van der Waals surface area contributed by atoms with Gasteiger partial charge in [-0.1, -0.05) is 90.5 Å². The summed E-state index contributed by atoms with van der Waals surface area (Å²) in [5.41, 5.74) is 3.03. The number of halogens is 1. The minimum Gasteiger partial charge on any atom is -0.310 e. The van der Waals surface area contributed by atoms with Crippen LogP contribution in [0.5, 0.6) is 0 Å². The van der Waals surface area contributed by atoms with E-state index in [0.717, 1.165) is 40.8 Å². The molecule has 3 nitrogen and oxygen atoms in total. The Kier molecular flexibility index (Phi) is 5.50. The molecule has 146 valence electrons.